The van der Waals surface area contributed by atoms with Crippen LogP contribution in [-0.2, 0) is 28.6 Å². The Morgan fingerprint density at radius 3 is 2.25 bits per heavy atom. The summed E-state index contributed by atoms with van der Waals surface area (Å²) in [4.78, 5) is 38.9. The van der Waals surface area contributed by atoms with Crippen molar-refractivity contribution in [2.45, 2.75) is 19.3 Å². The van der Waals surface area contributed by atoms with E-state index in [9.17, 15) is 14.4 Å². The van der Waals surface area contributed by atoms with Gasteiger partial charge in [-0.05, 0) is 25.5 Å². The van der Waals surface area contributed by atoms with Gasteiger partial charge in [0.2, 0.25) is 0 Å². The van der Waals surface area contributed by atoms with Gasteiger partial charge in [0.15, 0.2) is 5.41 Å². The van der Waals surface area contributed by atoms with E-state index >= 15 is 0 Å². The van der Waals surface area contributed by atoms with Gasteiger partial charge in [0.25, 0.3) is 0 Å². The van der Waals surface area contributed by atoms with E-state index < -0.39 is 29.2 Å². The molecular weight excluding hydrogens is 412 g/mol. The smallest absolute Gasteiger partial charge is 0.327 e. The fourth-order valence-corrected chi connectivity index (χ4v) is 4.84. The quantitative estimate of drug-likeness (QED) is 0.365. The van der Waals surface area contributed by atoms with E-state index in [1.807, 2.05) is 18.2 Å². The lowest BCUT2D eigenvalue weighted by Crippen LogP contribution is -2.40. The highest BCUT2D eigenvalue weighted by Gasteiger charge is 2.54. The Balaban J connectivity index is 2.06. The zero-order valence-electron chi connectivity index (χ0n) is 19.0. The van der Waals surface area contributed by atoms with Crippen LogP contribution in [0, 0.1) is 17.3 Å². The predicted molar refractivity (Wildman–Crippen MR) is 118 cm³/mol. The van der Waals surface area contributed by atoms with Crippen molar-refractivity contribution in [2.75, 3.05) is 28.4 Å². The molecule has 1 aromatic carbocycles. The number of carbonyl (C=O) groups is 3. The molecule has 2 aliphatic rings. The summed E-state index contributed by atoms with van der Waals surface area (Å²) in [5.41, 5.74) is 0.620. The number of Topliss-reactive ketones (excluding diaryl/α,β-unsaturated/α-hetero) is 1. The number of benzene rings is 1. The number of ketones is 1. The first kappa shape index (κ1) is 23.3. The van der Waals surface area contributed by atoms with Crippen molar-refractivity contribution < 1.29 is 33.3 Å². The van der Waals surface area contributed by atoms with Gasteiger partial charge in [-0.15, -0.1) is 6.58 Å². The summed E-state index contributed by atoms with van der Waals surface area (Å²) in [5.74, 6) is -2.12. The van der Waals surface area contributed by atoms with Gasteiger partial charge in [-0.25, -0.2) is 0 Å². The molecule has 0 saturated carbocycles. The Kier molecular flexibility index (Phi) is 6.57. The monoisotopic (exact) mass is 440 g/mol. The van der Waals surface area contributed by atoms with Crippen molar-refractivity contribution in [2.24, 2.45) is 17.3 Å². The summed E-state index contributed by atoms with van der Waals surface area (Å²) in [6.45, 7) is 5.69. The van der Waals surface area contributed by atoms with Crippen molar-refractivity contribution >= 4 is 23.5 Å². The number of esters is 2. The molecule has 0 unspecified atom stereocenters. The topological polar surface area (TPSA) is 88.1 Å². The summed E-state index contributed by atoms with van der Waals surface area (Å²) < 4.78 is 20.9. The van der Waals surface area contributed by atoms with Gasteiger partial charge in [0, 0.05) is 23.0 Å². The summed E-state index contributed by atoms with van der Waals surface area (Å²) in [7, 11) is 5.53. The molecule has 0 fully saturated rings. The Morgan fingerprint density at radius 1 is 1.06 bits per heavy atom. The molecule has 0 N–H and O–H groups in total. The number of rotatable bonds is 7. The van der Waals surface area contributed by atoms with Crippen LogP contribution in [0.15, 0.2) is 48.6 Å². The molecule has 0 radical (unpaired) electrons. The minimum atomic E-state index is -1.64. The highest BCUT2D eigenvalue weighted by molar-refractivity contribution is 6.05. The van der Waals surface area contributed by atoms with Crippen LogP contribution in [0.4, 0.5) is 0 Å². The van der Waals surface area contributed by atoms with Gasteiger partial charge in [-0.3, -0.25) is 14.4 Å². The van der Waals surface area contributed by atoms with E-state index in [0.29, 0.717) is 17.1 Å². The van der Waals surface area contributed by atoms with Crippen LogP contribution in [0.2, 0.25) is 0 Å². The van der Waals surface area contributed by atoms with Crippen molar-refractivity contribution in [3.05, 3.63) is 59.7 Å². The number of methoxy groups -OCH3 is 4. The maximum Gasteiger partial charge on any atom is 0.327 e. The summed E-state index contributed by atoms with van der Waals surface area (Å²) in [6.07, 6.45) is 4.94. The molecule has 3 atom stereocenters. The van der Waals surface area contributed by atoms with Crippen LogP contribution >= 0.6 is 0 Å². The average Bonchev–Trinajstić information content (AvgIpc) is 3.19. The molecule has 0 bridgehead atoms. The molecule has 0 aromatic heterocycles. The highest BCUT2D eigenvalue weighted by Crippen LogP contribution is 2.49. The van der Waals surface area contributed by atoms with Crippen LogP contribution in [0.3, 0.4) is 0 Å². The van der Waals surface area contributed by atoms with Crippen LogP contribution in [0.1, 0.15) is 30.4 Å². The van der Waals surface area contributed by atoms with Gasteiger partial charge < -0.3 is 18.9 Å². The zero-order valence-corrected chi connectivity index (χ0v) is 19.0. The number of carbonyl (C=O) groups excluding carboxylic acids is 3. The fraction of sp³-hybridized carbons (Fsp3) is 0.400. The highest BCUT2D eigenvalue weighted by atomic mass is 16.5. The van der Waals surface area contributed by atoms with Crippen LogP contribution in [-0.4, -0.2) is 46.2 Å². The lowest BCUT2D eigenvalue weighted by atomic mass is 9.72. The molecule has 2 aliphatic carbocycles. The normalized spacial score (nSPS) is 23.2. The number of fused-ring (bicyclic) bond motifs is 1. The molecule has 32 heavy (non-hydrogen) atoms. The molecule has 0 amide bonds. The first-order valence-electron chi connectivity index (χ1n) is 10.2. The van der Waals surface area contributed by atoms with E-state index in [-0.39, 0.29) is 18.1 Å². The van der Waals surface area contributed by atoms with Gasteiger partial charge in [0.05, 0.1) is 34.4 Å². The lowest BCUT2D eigenvalue weighted by molar-refractivity contribution is -0.165. The van der Waals surface area contributed by atoms with Gasteiger partial charge in [-0.2, -0.15) is 0 Å². The Bertz CT molecular complexity index is 1000. The van der Waals surface area contributed by atoms with Crippen molar-refractivity contribution in [3.8, 4) is 5.75 Å². The molecule has 0 heterocycles. The first-order chi connectivity index (χ1) is 15.3. The summed E-state index contributed by atoms with van der Waals surface area (Å²) >= 11 is 0. The Labute approximate surface area is 187 Å². The molecule has 0 aliphatic heterocycles. The molecule has 7 heteroatoms. The number of ether oxygens (including phenoxy) is 4. The predicted octanol–water partition coefficient (Wildman–Crippen LogP) is 3.45. The Morgan fingerprint density at radius 2 is 1.72 bits per heavy atom. The molecule has 7 nitrogen and oxygen atoms in total. The second-order valence-electron chi connectivity index (χ2n) is 7.95. The number of hydrogen-bond acceptors (Lipinski definition) is 7. The van der Waals surface area contributed by atoms with E-state index in [1.165, 1.54) is 20.3 Å². The molecular formula is C25H28O7. The van der Waals surface area contributed by atoms with E-state index in [1.54, 1.807) is 33.3 Å². The van der Waals surface area contributed by atoms with Crippen LogP contribution < -0.4 is 4.74 Å². The third-order valence-electron chi connectivity index (χ3n) is 6.40. The number of hydrogen-bond donors (Lipinski definition) is 0. The van der Waals surface area contributed by atoms with E-state index in [2.05, 4.69) is 6.58 Å². The first-order valence-corrected chi connectivity index (χ1v) is 10.2. The minimum absolute atomic E-state index is 0.0493. The third-order valence-corrected chi connectivity index (χ3v) is 6.40. The molecule has 0 spiro atoms. The summed E-state index contributed by atoms with van der Waals surface area (Å²) in [5, 5.41) is 0. The molecule has 0 saturated heterocycles. The van der Waals surface area contributed by atoms with Crippen LogP contribution in [0.25, 0.3) is 5.76 Å². The van der Waals surface area contributed by atoms with Crippen molar-refractivity contribution in [1.29, 1.82) is 0 Å². The SMILES string of the molecule is C=C[C@H]1c2c(OC)cccc2C(OC)=C[C@H]1C(=O)[C@@H]1CC(C(=O)OC)(C(=O)OC)C=C1C. The van der Waals surface area contributed by atoms with E-state index in [0.717, 1.165) is 11.1 Å². The van der Waals surface area contributed by atoms with Crippen LogP contribution in [0.5, 0.6) is 5.75 Å². The minimum Gasteiger partial charge on any atom is -0.496 e. The molecule has 1 aromatic rings. The maximum absolute atomic E-state index is 13.8. The largest absolute Gasteiger partial charge is 0.496 e. The van der Waals surface area contributed by atoms with E-state index in [4.69, 9.17) is 18.9 Å². The lowest BCUT2D eigenvalue weighted by Gasteiger charge is -2.32. The molecule has 170 valence electrons. The standard InChI is InChI=1S/C25H28O7/c1-7-15-17(11-20(30-4)16-9-8-10-19(29-3)21(15)16)22(26)18-13-25(12-14(18)2,23(27)31-5)24(28)32-6/h7-12,15,17-18H,1,13H2,2-6H3/t15-,17-,18-/m1/s1. The van der Waals surface area contributed by atoms with Crippen molar-refractivity contribution in [1.82, 2.24) is 0 Å². The second-order valence-corrected chi connectivity index (χ2v) is 7.95. The van der Waals surface area contributed by atoms with Gasteiger partial charge >= 0.3 is 11.9 Å². The zero-order chi connectivity index (χ0) is 23.6. The fourth-order valence-electron chi connectivity index (χ4n) is 4.84. The Hall–Kier alpha value is -3.35. The summed E-state index contributed by atoms with van der Waals surface area (Å²) in [6, 6.07) is 5.60. The second kappa shape index (κ2) is 9.02. The molecule has 3 rings (SSSR count). The van der Waals surface area contributed by atoms with Gasteiger partial charge in [0.1, 0.15) is 17.3 Å². The number of allylic oxidation sites excluding steroid dienone is 3. The maximum atomic E-state index is 13.8. The van der Waals surface area contributed by atoms with Crippen molar-refractivity contribution in [3.63, 3.8) is 0 Å². The third kappa shape index (κ3) is 3.51. The van der Waals surface area contributed by atoms with Gasteiger partial charge in [-0.1, -0.05) is 29.9 Å². The average molecular weight is 440 g/mol.